The topological polar surface area (TPSA) is 45.1 Å². The van der Waals surface area contributed by atoms with Gasteiger partial charge in [-0.15, -0.1) is 0 Å². The van der Waals surface area contributed by atoms with Gasteiger partial charge in [-0.3, -0.25) is 0 Å². The number of anilines is 1. The third-order valence-electron chi connectivity index (χ3n) is 4.72. The van der Waals surface area contributed by atoms with Crippen molar-refractivity contribution in [2.45, 2.75) is 24.9 Å². The van der Waals surface area contributed by atoms with E-state index in [0.29, 0.717) is 6.54 Å². The molecule has 2 N–H and O–H groups in total. The van der Waals surface area contributed by atoms with Gasteiger partial charge in [0.1, 0.15) is 11.4 Å². The summed E-state index contributed by atoms with van der Waals surface area (Å²) >= 11 is 0. The van der Waals surface area contributed by atoms with Crippen molar-refractivity contribution < 1.29 is 5.11 Å². The number of aromatic nitrogens is 1. The molecule has 0 spiro atoms. The van der Waals surface area contributed by atoms with Crippen LogP contribution in [-0.4, -0.2) is 16.6 Å². The summed E-state index contributed by atoms with van der Waals surface area (Å²) in [6.07, 6.45) is 2.84. The Morgan fingerprint density at radius 3 is 2.78 bits per heavy atom. The van der Waals surface area contributed by atoms with E-state index in [4.69, 9.17) is 0 Å². The van der Waals surface area contributed by atoms with Gasteiger partial charge >= 0.3 is 0 Å². The highest BCUT2D eigenvalue weighted by Crippen LogP contribution is 2.35. The molecule has 0 aliphatic heterocycles. The van der Waals surface area contributed by atoms with E-state index < -0.39 is 5.60 Å². The molecule has 4 rings (SSSR count). The summed E-state index contributed by atoms with van der Waals surface area (Å²) < 4.78 is 0. The fourth-order valence-corrected chi connectivity index (χ4v) is 3.48. The summed E-state index contributed by atoms with van der Waals surface area (Å²) in [4.78, 5) is 4.62. The first-order valence-corrected chi connectivity index (χ1v) is 8.15. The zero-order valence-electron chi connectivity index (χ0n) is 13.0. The van der Waals surface area contributed by atoms with Crippen LogP contribution in [0.5, 0.6) is 0 Å². The molecule has 23 heavy (non-hydrogen) atoms. The third-order valence-corrected chi connectivity index (χ3v) is 4.72. The second kappa shape index (κ2) is 5.67. The van der Waals surface area contributed by atoms with Gasteiger partial charge in [0.2, 0.25) is 0 Å². The lowest BCUT2D eigenvalue weighted by molar-refractivity contribution is 0.0322. The summed E-state index contributed by atoms with van der Waals surface area (Å²) in [6, 6.07) is 20.3. The van der Waals surface area contributed by atoms with E-state index in [1.54, 1.807) is 0 Å². The van der Waals surface area contributed by atoms with Crippen LogP contribution in [-0.2, 0) is 12.0 Å². The molecule has 0 saturated heterocycles. The number of para-hydroxylation sites is 1. The first kappa shape index (κ1) is 14.2. The Morgan fingerprint density at radius 2 is 1.83 bits per heavy atom. The molecule has 3 heteroatoms. The number of nitrogens with one attached hydrogen (secondary N) is 1. The van der Waals surface area contributed by atoms with Gasteiger partial charge < -0.3 is 10.4 Å². The molecule has 1 aromatic heterocycles. The first-order valence-electron chi connectivity index (χ1n) is 8.15. The number of aryl methyl sites for hydroxylation is 1. The second-order valence-electron chi connectivity index (χ2n) is 6.29. The van der Waals surface area contributed by atoms with Crippen molar-refractivity contribution in [2.75, 3.05) is 11.9 Å². The zero-order chi connectivity index (χ0) is 15.7. The maximum absolute atomic E-state index is 11.1. The van der Waals surface area contributed by atoms with Gasteiger partial charge in [-0.1, -0.05) is 42.5 Å². The Hall–Kier alpha value is -2.39. The van der Waals surface area contributed by atoms with Gasteiger partial charge in [0, 0.05) is 11.9 Å². The molecule has 1 atom stereocenters. The SMILES string of the molecule is OC1(CNc2ccc3ccccc3n2)CCCc2ccccc21. The molecule has 1 aliphatic carbocycles. The first-order chi connectivity index (χ1) is 11.2. The fourth-order valence-electron chi connectivity index (χ4n) is 3.48. The number of benzene rings is 2. The predicted molar refractivity (Wildman–Crippen MR) is 93.5 cm³/mol. The third kappa shape index (κ3) is 2.68. The molecule has 0 amide bonds. The minimum Gasteiger partial charge on any atom is -0.383 e. The number of fused-ring (bicyclic) bond motifs is 2. The van der Waals surface area contributed by atoms with Crippen LogP contribution in [0.15, 0.2) is 60.7 Å². The van der Waals surface area contributed by atoms with Gasteiger partial charge in [-0.25, -0.2) is 4.98 Å². The number of hydrogen-bond donors (Lipinski definition) is 2. The maximum Gasteiger partial charge on any atom is 0.126 e. The second-order valence-corrected chi connectivity index (χ2v) is 6.29. The van der Waals surface area contributed by atoms with Crippen molar-refractivity contribution in [1.82, 2.24) is 4.98 Å². The van der Waals surface area contributed by atoms with Crippen molar-refractivity contribution in [3.63, 3.8) is 0 Å². The van der Waals surface area contributed by atoms with E-state index in [9.17, 15) is 5.11 Å². The molecule has 0 fully saturated rings. The van der Waals surface area contributed by atoms with Crippen molar-refractivity contribution in [3.8, 4) is 0 Å². The van der Waals surface area contributed by atoms with Crippen LogP contribution in [0, 0.1) is 0 Å². The van der Waals surface area contributed by atoms with Crippen LogP contribution >= 0.6 is 0 Å². The molecule has 3 aromatic rings. The quantitative estimate of drug-likeness (QED) is 0.772. The van der Waals surface area contributed by atoms with Crippen molar-refractivity contribution in [3.05, 3.63) is 71.8 Å². The van der Waals surface area contributed by atoms with Gasteiger partial charge in [0.25, 0.3) is 0 Å². The minimum absolute atomic E-state index is 0.482. The number of aliphatic hydroxyl groups is 1. The molecule has 3 nitrogen and oxygen atoms in total. The predicted octanol–water partition coefficient (Wildman–Crippen LogP) is 3.87. The molecule has 0 saturated carbocycles. The lowest BCUT2D eigenvalue weighted by Gasteiger charge is -2.34. The summed E-state index contributed by atoms with van der Waals surface area (Å²) in [7, 11) is 0. The standard InChI is InChI=1S/C20H20N2O/c23-20(13-5-8-15-6-1-3-9-17(15)20)14-21-19-12-11-16-7-2-4-10-18(16)22-19/h1-4,6-7,9-12,23H,5,8,13-14H2,(H,21,22). The Kier molecular flexibility index (Phi) is 3.50. The highest BCUT2D eigenvalue weighted by Gasteiger charge is 2.33. The van der Waals surface area contributed by atoms with Crippen LogP contribution in [0.2, 0.25) is 0 Å². The van der Waals surface area contributed by atoms with Gasteiger partial charge in [-0.2, -0.15) is 0 Å². The highest BCUT2D eigenvalue weighted by molar-refractivity contribution is 5.80. The Morgan fingerprint density at radius 1 is 1.00 bits per heavy atom. The van der Waals surface area contributed by atoms with Crippen molar-refractivity contribution in [2.24, 2.45) is 0 Å². The van der Waals surface area contributed by atoms with E-state index in [1.807, 2.05) is 42.5 Å². The van der Waals surface area contributed by atoms with E-state index in [2.05, 4.69) is 28.5 Å². The Labute approximate surface area is 136 Å². The van der Waals surface area contributed by atoms with Crippen LogP contribution in [0.3, 0.4) is 0 Å². The van der Waals surface area contributed by atoms with Crippen molar-refractivity contribution >= 4 is 16.7 Å². The minimum atomic E-state index is -0.817. The number of pyridine rings is 1. The molecular weight excluding hydrogens is 284 g/mol. The summed E-state index contributed by atoms with van der Waals surface area (Å²) in [5.74, 6) is 0.806. The molecular formula is C20H20N2O. The molecule has 0 bridgehead atoms. The number of hydrogen-bond acceptors (Lipinski definition) is 3. The number of nitrogens with zero attached hydrogens (tertiary/aromatic N) is 1. The van der Waals surface area contributed by atoms with Crippen LogP contribution in [0.1, 0.15) is 24.0 Å². The van der Waals surface area contributed by atoms with Crippen molar-refractivity contribution in [1.29, 1.82) is 0 Å². The van der Waals surface area contributed by atoms with Crippen LogP contribution in [0.25, 0.3) is 10.9 Å². The van der Waals surface area contributed by atoms with Crippen LogP contribution in [0.4, 0.5) is 5.82 Å². The molecule has 1 unspecified atom stereocenters. The fraction of sp³-hybridized carbons (Fsp3) is 0.250. The maximum atomic E-state index is 11.1. The normalized spacial score (nSPS) is 20.2. The van der Waals surface area contributed by atoms with E-state index >= 15 is 0 Å². The average Bonchev–Trinajstić information content (AvgIpc) is 2.60. The number of rotatable bonds is 3. The Balaban J connectivity index is 1.58. The molecule has 116 valence electrons. The average molecular weight is 304 g/mol. The monoisotopic (exact) mass is 304 g/mol. The van der Waals surface area contributed by atoms with Gasteiger partial charge in [-0.05, 0) is 48.6 Å². The molecule has 1 heterocycles. The zero-order valence-corrected chi connectivity index (χ0v) is 13.0. The molecule has 1 aliphatic rings. The largest absolute Gasteiger partial charge is 0.383 e. The summed E-state index contributed by atoms with van der Waals surface area (Å²) in [6.45, 7) is 0.482. The Bertz CT molecular complexity index is 846. The van der Waals surface area contributed by atoms with Crippen LogP contribution < -0.4 is 5.32 Å². The lowest BCUT2D eigenvalue weighted by Crippen LogP contribution is -2.37. The van der Waals surface area contributed by atoms with E-state index in [1.165, 1.54) is 5.56 Å². The highest BCUT2D eigenvalue weighted by atomic mass is 16.3. The summed E-state index contributed by atoms with van der Waals surface area (Å²) in [5.41, 5.74) is 2.46. The smallest absolute Gasteiger partial charge is 0.126 e. The molecule has 2 aromatic carbocycles. The molecule has 0 radical (unpaired) electrons. The van der Waals surface area contributed by atoms with E-state index in [0.717, 1.165) is 41.5 Å². The van der Waals surface area contributed by atoms with E-state index in [-0.39, 0.29) is 0 Å². The van der Waals surface area contributed by atoms with Gasteiger partial charge in [0.05, 0.1) is 5.52 Å². The summed E-state index contributed by atoms with van der Waals surface area (Å²) in [5, 5.41) is 15.6. The lowest BCUT2D eigenvalue weighted by atomic mass is 9.79. The van der Waals surface area contributed by atoms with Gasteiger partial charge in [0.15, 0.2) is 0 Å².